The molecule has 0 bridgehead atoms. The van der Waals surface area contributed by atoms with Gasteiger partial charge in [0.05, 0.1) is 0 Å². The second kappa shape index (κ2) is 5.68. The molecule has 0 saturated carbocycles. The summed E-state index contributed by atoms with van der Waals surface area (Å²) in [6.07, 6.45) is 0. The van der Waals surface area contributed by atoms with Crippen molar-refractivity contribution in [1.82, 2.24) is 4.90 Å². The van der Waals surface area contributed by atoms with Crippen LogP contribution in [0.25, 0.3) is 0 Å². The largest absolute Gasteiger partial charge is 0.508 e. The zero-order valence-corrected chi connectivity index (χ0v) is 10.6. The van der Waals surface area contributed by atoms with Gasteiger partial charge in [-0.1, -0.05) is 6.92 Å². The third kappa shape index (κ3) is 3.46. The molecule has 1 aromatic rings. The number of nitrogens with zero attached hydrogens (tertiary/aromatic N) is 1. The average Bonchev–Trinajstić information content (AvgIpc) is 2.31. The van der Waals surface area contributed by atoms with Gasteiger partial charge in [0.25, 0.3) is 5.91 Å². The Kier molecular flexibility index (Phi) is 4.52. The monoisotopic (exact) mass is 236 g/mol. The maximum atomic E-state index is 12.1. The van der Waals surface area contributed by atoms with Crippen molar-refractivity contribution in [3.63, 3.8) is 0 Å². The van der Waals surface area contributed by atoms with Crippen LogP contribution in [0.15, 0.2) is 18.2 Å². The van der Waals surface area contributed by atoms with Gasteiger partial charge in [-0.05, 0) is 43.1 Å². The van der Waals surface area contributed by atoms with Crippen LogP contribution in [0.1, 0.15) is 22.8 Å². The first-order chi connectivity index (χ1) is 7.95. The van der Waals surface area contributed by atoms with E-state index in [1.807, 2.05) is 6.92 Å². The van der Waals surface area contributed by atoms with Gasteiger partial charge in [0.2, 0.25) is 0 Å². The Bertz CT molecular complexity index is 404. The Balaban J connectivity index is 2.78. The highest BCUT2D eigenvalue weighted by Gasteiger charge is 2.14. The molecule has 0 spiro atoms. The second-order valence-electron chi connectivity index (χ2n) is 4.53. The molecule has 0 fully saturated rings. The summed E-state index contributed by atoms with van der Waals surface area (Å²) in [5, 5.41) is 9.41. The van der Waals surface area contributed by atoms with E-state index in [0.29, 0.717) is 24.2 Å². The van der Waals surface area contributed by atoms with Crippen LogP contribution < -0.4 is 5.73 Å². The highest BCUT2D eigenvalue weighted by Crippen LogP contribution is 2.18. The minimum Gasteiger partial charge on any atom is -0.508 e. The van der Waals surface area contributed by atoms with Crippen LogP contribution in [0.2, 0.25) is 0 Å². The summed E-state index contributed by atoms with van der Waals surface area (Å²) in [7, 11) is 1.76. The van der Waals surface area contributed by atoms with Crippen LogP contribution in [0.5, 0.6) is 5.75 Å². The summed E-state index contributed by atoms with van der Waals surface area (Å²) >= 11 is 0. The summed E-state index contributed by atoms with van der Waals surface area (Å²) < 4.78 is 0. The molecule has 94 valence electrons. The van der Waals surface area contributed by atoms with Gasteiger partial charge in [-0.15, -0.1) is 0 Å². The first-order valence-corrected chi connectivity index (χ1v) is 5.70. The highest BCUT2D eigenvalue weighted by atomic mass is 16.3. The Hall–Kier alpha value is -1.55. The molecule has 3 N–H and O–H groups in total. The molecule has 1 atom stereocenters. The van der Waals surface area contributed by atoms with Gasteiger partial charge in [0.1, 0.15) is 5.75 Å². The number of aryl methyl sites for hydroxylation is 1. The molecule has 0 saturated heterocycles. The lowest BCUT2D eigenvalue weighted by atomic mass is 10.1. The zero-order chi connectivity index (χ0) is 13.0. The van der Waals surface area contributed by atoms with Crippen molar-refractivity contribution in [3.8, 4) is 5.75 Å². The summed E-state index contributed by atoms with van der Waals surface area (Å²) in [6, 6.07) is 4.87. The number of phenolic OH excluding ortho intramolecular Hbond substituents is 1. The van der Waals surface area contributed by atoms with Crippen LogP contribution >= 0.6 is 0 Å². The zero-order valence-electron chi connectivity index (χ0n) is 10.6. The molecule has 4 nitrogen and oxygen atoms in total. The standard InChI is InChI=1S/C13H20N2O2/c1-9(7-14)8-15(3)13(17)11-4-5-12(16)10(2)6-11/h4-6,9,16H,7-8,14H2,1-3H3. The molecule has 0 heterocycles. The summed E-state index contributed by atoms with van der Waals surface area (Å²) in [5.41, 5.74) is 6.83. The molecule has 1 rings (SSSR count). The van der Waals surface area contributed by atoms with E-state index < -0.39 is 0 Å². The molecule has 0 aromatic heterocycles. The Labute approximate surface area is 102 Å². The van der Waals surface area contributed by atoms with Crippen molar-refractivity contribution in [1.29, 1.82) is 0 Å². The van der Waals surface area contributed by atoms with E-state index >= 15 is 0 Å². The van der Waals surface area contributed by atoms with Crippen LogP contribution in [0.4, 0.5) is 0 Å². The number of carbonyl (C=O) groups is 1. The van der Waals surface area contributed by atoms with E-state index in [1.54, 1.807) is 37.1 Å². The number of carbonyl (C=O) groups excluding carboxylic acids is 1. The number of rotatable bonds is 4. The van der Waals surface area contributed by atoms with E-state index in [4.69, 9.17) is 5.73 Å². The lowest BCUT2D eigenvalue weighted by molar-refractivity contribution is 0.0777. The number of hydrogen-bond acceptors (Lipinski definition) is 3. The molecular formula is C13H20N2O2. The van der Waals surface area contributed by atoms with Crippen molar-refractivity contribution in [2.24, 2.45) is 11.7 Å². The Morgan fingerprint density at radius 1 is 1.53 bits per heavy atom. The summed E-state index contributed by atoms with van der Waals surface area (Å²) in [5.74, 6) is 0.440. The molecular weight excluding hydrogens is 216 g/mol. The Morgan fingerprint density at radius 2 is 2.18 bits per heavy atom. The van der Waals surface area contributed by atoms with Crippen LogP contribution in [0, 0.1) is 12.8 Å². The van der Waals surface area contributed by atoms with Crippen molar-refractivity contribution in [2.75, 3.05) is 20.1 Å². The van der Waals surface area contributed by atoms with Gasteiger partial charge < -0.3 is 15.7 Å². The smallest absolute Gasteiger partial charge is 0.253 e. The number of aromatic hydroxyl groups is 1. The summed E-state index contributed by atoms with van der Waals surface area (Å²) in [6.45, 7) is 4.97. The average molecular weight is 236 g/mol. The number of benzene rings is 1. The van der Waals surface area contributed by atoms with Gasteiger partial charge in [-0.3, -0.25) is 4.79 Å². The molecule has 1 amide bonds. The minimum atomic E-state index is -0.0478. The normalized spacial score (nSPS) is 12.2. The van der Waals surface area contributed by atoms with Gasteiger partial charge in [-0.25, -0.2) is 0 Å². The lowest BCUT2D eigenvalue weighted by Crippen LogP contribution is -2.33. The third-order valence-corrected chi connectivity index (χ3v) is 2.78. The molecule has 1 aromatic carbocycles. The minimum absolute atomic E-state index is 0.0478. The molecule has 0 aliphatic carbocycles. The number of hydrogen-bond donors (Lipinski definition) is 2. The maximum Gasteiger partial charge on any atom is 0.253 e. The van der Waals surface area contributed by atoms with Gasteiger partial charge in [0.15, 0.2) is 0 Å². The lowest BCUT2D eigenvalue weighted by Gasteiger charge is -2.21. The van der Waals surface area contributed by atoms with Crippen LogP contribution in [0.3, 0.4) is 0 Å². The van der Waals surface area contributed by atoms with Gasteiger partial charge >= 0.3 is 0 Å². The molecule has 17 heavy (non-hydrogen) atoms. The molecule has 1 unspecified atom stereocenters. The first-order valence-electron chi connectivity index (χ1n) is 5.70. The number of nitrogens with two attached hydrogens (primary N) is 1. The predicted octanol–water partition coefficient (Wildman–Crippen LogP) is 1.37. The van der Waals surface area contributed by atoms with Gasteiger partial charge in [-0.2, -0.15) is 0 Å². The fourth-order valence-electron chi connectivity index (χ4n) is 1.63. The van der Waals surface area contributed by atoms with E-state index in [1.165, 1.54) is 0 Å². The van der Waals surface area contributed by atoms with Crippen molar-refractivity contribution in [2.45, 2.75) is 13.8 Å². The van der Waals surface area contributed by atoms with Crippen LogP contribution in [-0.4, -0.2) is 36.1 Å². The molecule has 0 aliphatic rings. The number of amides is 1. The fourth-order valence-corrected chi connectivity index (χ4v) is 1.63. The van der Waals surface area contributed by atoms with Gasteiger partial charge in [0, 0.05) is 19.2 Å². The van der Waals surface area contributed by atoms with Crippen molar-refractivity contribution < 1.29 is 9.90 Å². The molecule has 0 radical (unpaired) electrons. The topological polar surface area (TPSA) is 66.6 Å². The third-order valence-electron chi connectivity index (χ3n) is 2.78. The SMILES string of the molecule is Cc1cc(C(=O)N(C)CC(C)CN)ccc1O. The van der Waals surface area contributed by atoms with E-state index in [9.17, 15) is 9.90 Å². The molecule has 4 heteroatoms. The van der Waals surface area contributed by atoms with E-state index in [-0.39, 0.29) is 17.6 Å². The fraction of sp³-hybridized carbons (Fsp3) is 0.462. The second-order valence-corrected chi connectivity index (χ2v) is 4.53. The predicted molar refractivity (Wildman–Crippen MR) is 68.0 cm³/mol. The quantitative estimate of drug-likeness (QED) is 0.829. The van der Waals surface area contributed by atoms with Crippen molar-refractivity contribution >= 4 is 5.91 Å². The first kappa shape index (κ1) is 13.5. The number of phenols is 1. The van der Waals surface area contributed by atoms with Crippen molar-refractivity contribution in [3.05, 3.63) is 29.3 Å². The highest BCUT2D eigenvalue weighted by molar-refractivity contribution is 5.94. The Morgan fingerprint density at radius 3 is 2.71 bits per heavy atom. The molecule has 0 aliphatic heterocycles. The van der Waals surface area contributed by atoms with Crippen LogP contribution in [-0.2, 0) is 0 Å². The van der Waals surface area contributed by atoms with E-state index in [2.05, 4.69) is 0 Å². The van der Waals surface area contributed by atoms with E-state index in [0.717, 1.165) is 0 Å². The maximum absolute atomic E-state index is 12.1. The summed E-state index contributed by atoms with van der Waals surface area (Å²) in [4.78, 5) is 13.7.